The minimum atomic E-state index is -0.188. The predicted molar refractivity (Wildman–Crippen MR) is 49.3 cm³/mol. The van der Waals surface area contributed by atoms with Crippen LogP contribution in [0.15, 0.2) is 0 Å². The lowest BCUT2D eigenvalue weighted by atomic mass is 10.0. The number of aliphatic hydroxyl groups excluding tert-OH is 1. The van der Waals surface area contributed by atoms with Crippen molar-refractivity contribution in [2.75, 3.05) is 0 Å². The molecule has 0 saturated carbocycles. The fourth-order valence-corrected chi connectivity index (χ4v) is 1.06. The van der Waals surface area contributed by atoms with Gasteiger partial charge in [0.25, 0.3) is 0 Å². The Labute approximate surface area is 70.8 Å². The number of aliphatic hydroxyl groups is 1. The summed E-state index contributed by atoms with van der Waals surface area (Å²) < 4.78 is 0. The molecular weight excluding hydrogens is 136 g/mol. The average Bonchev–Trinajstić information content (AvgIpc) is 1.97. The Hall–Kier alpha value is -0.0400. The van der Waals surface area contributed by atoms with Gasteiger partial charge in [-0.1, -0.05) is 39.5 Å². The maximum atomic E-state index is 9.36. The lowest BCUT2D eigenvalue weighted by molar-refractivity contribution is 0.124. The van der Waals surface area contributed by atoms with Gasteiger partial charge in [-0.25, -0.2) is 0 Å². The third kappa shape index (κ3) is 6.36. The van der Waals surface area contributed by atoms with Crippen LogP contribution in [0.4, 0.5) is 0 Å². The number of rotatable bonds is 6. The molecule has 1 radical (unpaired) electrons. The summed E-state index contributed by atoms with van der Waals surface area (Å²) in [4.78, 5) is 0. The Balaban J connectivity index is 3.10. The number of hydrogen-bond acceptors (Lipinski definition) is 1. The van der Waals surface area contributed by atoms with Gasteiger partial charge in [-0.2, -0.15) is 0 Å². The average molecular weight is 157 g/mol. The molecule has 2 atom stereocenters. The minimum absolute atomic E-state index is 0.177. The smallest absolute Gasteiger partial charge is 0.0565 e. The summed E-state index contributed by atoms with van der Waals surface area (Å²) >= 11 is 0. The fraction of sp³-hybridized carbons (Fsp3) is 0.900. The molecule has 0 aliphatic heterocycles. The van der Waals surface area contributed by atoms with Crippen LogP contribution in [0.5, 0.6) is 0 Å². The van der Waals surface area contributed by atoms with Gasteiger partial charge in [0.1, 0.15) is 0 Å². The van der Waals surface area contributed by atoms with E-state index >= 15 is 0 Å². The van der Waals surface area contributed by atoms with Gasteiger partial charge < -0.3 is 5.11 Å². The second kappa shape index (κ2) is 6.66. The molecule has 0 saturated heterocycles. The molecule has 0 amide bonds. The van der Waals surface area contributed by atoms with Crippen LogP contribution in [-0.2, 0) is 0 Å². The second-order valence-electron chi connectivity index (χ2n) is 3.39. The van der Waals surface area contributed by atoms with Gasteiger partial charge >= 0.3 is 0 Å². The Morgan fingerprint density at radius 2 is 1.91 bits per heavy atom. The van der Waals surface area contributed by atoms with Gasteiger partial charge in [0, 0.05) is 0 Å². The van der Waals surface area contributed by atoms with Crippen LogP contribution in [-0.4, -0.2) is 11.2 Å². The van der Waals surface area contributed by atoms with Crippen LogP contribution in [0.2, 0.25) is 0 Å². The Bertz CT molecular complexity index is 78.9. The van der Waals surface area contributed by atoms with Crippen molar-refractivity contribution in [1.29, 1.82) is 0 Å². The predicted octanol–water partition coefficient (Wildman–Crippen LogP) is 2.79. The van der Waals surface area contributed by atoms with Crippen molar-refractivity contribution in [3.8, 4) is 0 Å². The van der Waals surface area contributed by atoms with Crippen molar-refractivity contribution in [1.82, 2.24) is 0 Å². The molecule has 2 unspecified atom stereocenters. The zero-order valence-electron chi connectivity index (χ0n) is 7.84. The molecule has 0 heterocycles. The summed E-state index contributed by atoms with van der Waals surface area (Å²) in [6, 6.07) is 0. The summed E-state index contributed by atoms with van der Waals surface area (Å²) in [6.45, 7) is 7.94. The van der Waals surface area contributed by atoms with Crippen LogP contribution in [0.3, 0.4) is 0 Å². The number of unbranched alkanes of at least 4 members (excludes halogenated alkanes) is 3. The van der Waals surface area contributed by atoms with Gasteiger partial charge in [-0.05, 0) is 19.3 Å². The Morgan fingerprint density at radius 1 is 1.27 bits per heavy atom. The summed E-state index contributed by atoms with van der Waals surface area (Å²) in [7, 11) is 0. The molecule has 0 aromatic heterocycles. The molecule has 0 bridgehead atoms. The van der Waals surface area contributed by atoms with Gasteiger partial charge in [0.05, 0.1) is 6.10 Å². The van der Waals surface area contributed by atoms with Crippen molar-refractivity contribution in [2.45, 2.75) is 52.1 Å². The molecule has 0 spiro atoms. The SMILES string of the molecule is [CH2]C(C)C(O)CCCCCC. The molecule has 67 valence electrons. The second-order valence-corrected chi connectivity index (χ2v) is 3.39. The Kier molecular flexibility index (Phi) is 6.63. The van der Waals surface area contributed by atoms with Crippen molar-refractivity contribution >= 4 is 0 Å². The fourth-order valence-electron chi connectivity index (χ4n) is 1.06. The molecule has 0 rings (SSSR count). The molecule has 0 aromatic rings. The summed E-state index contributed by atoms with van der Waals surface area (Å²) in [5.41, 5.74) is 0. The van der Waals surface area contributed by atoms with E-state index < -0.39 is 0 Å². The third-order valence-corrected chi connectivity index (χ3v) is 2.01. The van der Waals surface area contributed by atoms with Crippen LogP contribution >= 0.6 is 0 Å². The quantitative estimate of drug-likeness (QED) is 0.588. The van der Waals surface area contributed by atoms with E-state index in [0.29, 0.717) is 0 Å². The highest BCUT2D eigenvalue weighted by Crippen LogP contribution is 2.10. The molecule has 11 heavy (non-hydrogen) atoms. The highest BCUT2D eigenvalue weighted by molar-refractivity contribution is 4.65. The molecule has 0 aliphatic carbocycles. The molecule has 0 fully saturated rings. The lowest BCUT2D eigenvalue weighted by Crippen LogP contribution is -2.14. The zero-order chi connectivity index (χ0) is 8.69. The highest BCUT2D eigenvalue weighted by Gasteiger charge is 2.07. The van der Waals surface area contributed by atoms with Crippen LogP contribution in [0, 0.1) is 12.8 Å². The summed E-state index contributed by atoms with van der Waals surface area (Å²) in [5, 5.41) is 9.36. The van der Waals surface area contributed by atoms with E-state index in [1.54, 1.807) is 0 Å². The maximum Gasteiger partial charge on any atom is 0.0565 e. The van der Waals surface area contributed by atoms with E-state index in [1.807, 2.05) is 6.92 Å². The first-order valence-corrected chi connectivity index (χ1v) is 4.69. The van der Waals surface area contributed by atoms with E-state index in [2.05, 4.69) is 13.8 Å². The highest BCUT2D eigenvalue weighted by atomic mass is 16.3. The monoisotopic (exact) mass is 157 g/mol. The summed E-state index contributed by atoms with van der Waals surface area (Å²) in [6.07, 6.45) is 5.68. The van der Waals surface area contributed by atoms with Crippen LogP contribution in [0.1, 0.15) is 46.0 Å². The van der Waals surface area contributed by atoms with Crippen molar-refractivity contribution < 1.29 is 5.11 Å². The summed E-state index contributed by atoms with van der Waals surface area (Å²) in [5.74, 6) is 0.177. The first kappa shape index (κ1) is 11.0. The van der Waals surface area contributed by atoms with Gasteiger partial charge in [0.2, 0.25) is 0 Å². The lowest BCUT2D eigenvalue weighted by Gasteiger charge is -2.13. The van der Waals surface area contributed by atoms with E-state index in [-0.39, 0.29) is 12.0 Å². The van der Waals surface area contributed by atoms with Gasteiger partial charge in [0.15, 0.2) is 0 Å². The van der Waals surface area contributed by atoms with Gasteiger partial charge in [-0.15, -0.1) is 0 Å². The topological polar surface area (TPSA) is 20.2 Å². The van der Waals surface area contributed by atoms with Crippen molar-refractivity contribution in [2.24, 2.45) is 5.92 Å². The molecule has 1 nitrogen and oxygen atoms in total. The molecule has 0 aliphatic rings. The first-order valence-electron chi connectivity index (χ1n) is 4.69. The molecule has 0 aromatic carbocycles. The normalized spacial score (nSPS) is 13.9. The minimum Gasteiger partial charge on any atom is -0.393 e. The van der Waals surface area contributed by atoms with E-state index in [0.717, 1.165) is 12.8 Å². The van der Waals surface area contributed by atoms with Crippen LogP contribution in [0.25, 0.3) is 0 Å². The van der Waals surface area contributed by atoms with Crippen molar-refractivity contribution in [3.05, 3.63) is 6.92 Å². The Morgan fingerprint density at radius 3 is 2.36 bits per heavy atom. The number of hydrogen-bond donors (Lipinski definition) is 1. The first-order chi connectivity index (χ1) is 5.18. The molecular formula is C10H21O. The van der Waals surface area contributed by atoms with E-state index in [1.165, 1.54) is 19.3 Å². The van der Waals surface area contributed by atoms with Crippen molar-refractivity contribution in [3.63, 3.8) is 0 Å². The van der Waals surface area contributed by atoms with E-state index in [9.17, 15) is 5.11 Å². The standard InChI is InChI=1S/C10H21O/c1-4-5-6-7-8-10(11)9(2)3/h9-11H,2,4-8H2,1,3H3. The van der Waals surface area contributed by atoms with E-state index in [4.69, 9.17) is 0 Å². The zero-order valence-corrected chi connectivity index (χ0v) is 7.84. The maximum absolute atomic E-state index is 9.36. The molecule has 1 heteroatoms. The third-order valence-electron chi connectivity index (χ3n) is 2.01. The molecule has 1 N–H and O–H groups in total. The largest absolute Gasteiger partial charge is 0.393 e. The van der Waals surface area contributed by atoms with Gasteiger partial charge in [-0.3, -0.25) is 0 Å². The van der Waals surface area contributed by atoms with Crippen LogP contribution < -0.4 is 0 Å².